The lowest BCUT2D eigenvalue weighted by Gasteiger charge is -2.32. The molecule has 30 heavy (non-hydrogen) atoms. The molecule has 3 aliphatic heterocycles. The van der Waals surface area contributed by atoms with E-state index < -0.39 is 0 Å². The number of nitrogens with one attached hydrogen (secondary N) is 1. The number of nitrogens with zero attached hydrogens (tertiary/aromatic N) is 2. The second-order valence-corrected chi connectivity index (χ2v) is 8.10. The van der Waals surface area contributed by atoms with E-state index in [2.05, 4.69) is 28.1 Å². The number of aromatic amines is 1. The van der Waals surface area contributed by atoms with E-state index in [1.807, 2.05) is 30.3 Å². The number of H-pyrrole nitrogens is 1. The highest BCUT2D eigenvalue weighted by Gasteiger charge is 2.25. The molecule has 0 unspecified atom stereocenters. The second kappa shape index (κ2) is 7.44. The lowest BCUT2D eigenvalue weighted by atomic mass is 9.94. The number of anilines is 1. The van der Waals surface area contributed by atoms with Gasteiger partial charge in [0.15, 0.2) is 0 Å². The number of hydrogen-bond acceptors (Lipinski definition) is 4. The third kappa shape index (κ3) is 3.28. The number of benzene rings is 1. The van der Waals surface area contributed by atoms with Crippen LogP contribution in [0.25, 0.3) is 11.3 Å². The van der Waals surface area contributed by atoms with Crippen LogP contribution in [-0.2, 0) is 11.2 Å². The molecule has 0 saturated carbocycles. The third-order valence-corrected chi connectivity index (χ3v) is 6.29. The van der Waals surface area contributed by atoms with Crippen LogP contribution >= 0.6 is 0 Å². The van der Waals surface area contributed by atoms with E-state index in [0.29, 0.717) is 5.56 Å². The van der Waals surface area contributed by atoms with Crippen molar-refractivity contribution in [3.63, 3.8) is 0 Å². The Morgan fingerprint density at radius 3 is 2.67 bits per heavy atom. The number of carbonyl (C=O) groups is 1. The quantitative estimate of drug-likeness (QED) is 0.707. The van der Waals surface area contributed by atoms with Gasteiger partial charge in [0.25, 0.3) is 5.56 Å². The van der Waals surface area contributed by atoms with Crippen molar-refractivity contribution in [2.45, 2.75) is 25.7 Å². The standard InChI is InChI=1S/C24H24N4O2/c25-23(29)16-10-12-28(13-11-16)17-8-6-15-7-9-20(26-21(15)14-17)22-18-4-2-1-3-5-19(18)27-24(22)30/h1-6,8,14,16H,7,9-13H2,(H2,25,29)(H,27,30). The topological polar surface area (TPSA) is 91.6 Å². The number of piperidine rings is 1. The van der Waals surface area contributed by atoms with Gasteiger partial charge in [0.05, 0.1) is 17.0 Å². The SMILES string of the molecule is NC(=O)C1CCN(c2ccc3c(c2)N=C(c2c4cccccc-4[nH]c2=O)CC3)CC1. The Kier molecular flexibility index (Phi) is 4.62. The molecule has 0 bridgehead atoms. The number of rotatable bonds is 3. The van der Waals surface area contributed by atoms with Gasteiger partial charge in [-0.1, -0.05) is 30.3 Å². The normalized spacial score (nSPS) is 16.9. The Bertz CT molecular complexity index is 1170. The number of aromatic nitrogens is 1. The number of aryl methyl sites for hydroxylation is 1. The monoisotopic (exact) mass is 400 g/mol. The van der Waals surface area contributed by atoms with Crippen molar-refractivity contribution in [3.05, 3.63) is 70.0 Å². The smallest absolute Gasteiger partial charge is 0.258 e. The Morgan fingerprint density at radius 1 is 1.07 bits per heavy atom. The summed E-state index contributed by atoms with van der Waals surface area (Å²) in [6.45, 7) is 1.62. The van der Waals surface area contributed by atoms with Crippen molar-refractivity contribution in [2.75, 3.05) is 18.0 Å². The van der Waals surface area contributed by atoms with Crippen molar-refractivity contribution in [1.82, 2.24) is 4.98 Å². The van der Waals surface area contributed by atoms with Crippen molar-refractivity contribution in [1.29, 1.82) is 0 Å². The molecule has 1 aliphatic carbocycles. The van der Waals surface area contributed by atoms with Gasteiger partial charge in [-0.25, -0.2) is 0 Å². The van der Waals surface area contributed by atoms with Crippen LogP contribution in [0.3, 0.4) is 0 Å². The fourth-order valence-corrected chi connectivity index (χ4v) is 4.59. The van der Waals surface area contributed by atoms with Crippen molar-refractivity contribution in [3.8, 4) is 11.3 Å². The highest BCUT2D eigenvalue weighted by molar-refractivity contribution is 6.08. The average Bonchev–Trinajstić information content (AvgIpc) is 2.91. The van der Waals surface area contributed by atoms with E-state index in [4.69, 9.17) is 10.7 Å². The summed E-state index contributed by atoms with van der Waals surface area (Å²) >= 11 is 0. The van der Waals surface area contributed by atoms with Crippen LogP contribution in [0.4, 0.5) is 11.4 Å². The van der Waals surface area contributed by atoms with Crippen LogP contribution in [-0.4, -0.2) is 29.7 Å². The number of nitrogens with two attached hydrogens (primary N) is 1. The highest BCUT2D eigenvalue weighted by Crippen LogP contribution is 2.34. The van der Waals surface area contributed by atoms with E-state index >= 15 is 0 Å². The first-order valence-corrected chi connectivity index (χ1v) is 10.5. The lowest BCUT2D eigenvalue weighted by molar-refractivity contribution is -0.122. The molecule has 5 rings (SSSR count). The van der Waals surface area contributed by atoms with Gasteiger partial charge in [0, 0.05) is 36.0 Å². The molecular weight excluding hydrogens is 376 g/mol. The van der Waals surface area contributed by atoms with Crippen LogP contribution in [0.2, 0.25) is 0 Å². The van der Waals surface area contributed by atoms with Crippen LogP contribution in [0.15, 0.2) is 58.3 Å². The number of aliphatic imine (C=N–C) groups is 1. The molecular formula is C24H24N4O2. The van der Waals surface area contributed by atoms with E-state index in [-0.39, 0.29) is 17.4 Å². The Morgan fingerprint density at radius 2 is 1.87 bits per heavy atom. The Balaban J connectivity index is 1.47. The molecule has 1 saturated heterocycles. The zero-order chi connectivity index (χ0) is 20.7. The minimum absolute atomic E-state index is 0.0258. The van der Waals surface area contributed by atoms with Gasteiger partial charge in [0.1, 0.15) is 0 Å². The molecule has 4 aliphatic rings. The van der Waals surface area contributed by atoms with Crippen molar-refractivity contribution in [2.24, 2.45) is 16.6 Å². The number of amides is 1. The molecule has 3 N–H and O–H groups in total. The summed E-state index contributed by atoms with van der Waals surface area (Å²) in [5.41, 5.74) is 11.9. The fourth-order valence-electron chi connectivity index (χ4n) is 4.59. The Hall–Kier alpha value is -3.41. The second-order valence-electron chi connectivity index (χ2n) is 8.10. The molecule has 1 aromatic rings. The summed E-state index contributed by atoms with van der Waals surface area (Å²) in [6, 6.07) is 16.1. The third-order valence-electron chi connectivity index (χ3n) is 6.29. The largest absolute Gasteiger partial charge is 0.371 e. The average molecular weight is 400 g/mol. The minimum Gasteiger partial charge on any atom is -0.371 e. The van der Waals surface area contributed by atoms with Gasteiger partial charge in [-0.3, -0.25) is 14.6 Å². The van der Waals surface area contributed by atoms with Gasteiger partial charge >= 0.3 is 0 Å². The number of primary amides is 1. The molecule has 0 radical (unpaired) electrons. The van der Waals surface area contributed by atoms with Crippen LogP contribution in [0, 0.1) is 5.92 Å². The van der Waals surface area contributed by atoms with Crippen molar-refractivity contribution < 1.29 is 4.79 Å². The predicted molar refractivity (Wildman–Crippen MR) is 119 cm³/mol. The molecule has 0 aromatic heterocycles. The molecule has 1 amide bonds. The molecule has 0 spiro atoms. The van der Waals surface area contributed by atoms with Crippen LogP contribution < -0.4 is 16.2 Å². The molecule has 1 fully saturated rings. The molecule has 152 valence electrons. The van der Waals surface area contributed by atoms with Gasteiger partial charge in [0.2, 0.25) is 5.91 Å². The summed E-state index contributed by atoms with van der Waals surface area (Å²) in [5, 5.41) is 0. The van der Waals surface area contributed by atoms with E-state index in [0.717, 1.165) is 67.1 Å². The molecule has 1 aromatic carbocycles. The summed E-state index contributed by atoms with van der Waals surface area (Å²) in [6.07, 6.45) is 3.18. The molecule has 0 atom stereocenters. The maximum atomic E-state index is 12.7. The molecule has 6 heteroatoms. The van der Waals surface area contributed by atoms with Crippen LogP contribution in [0.1, 0.15) is 30.4 Å². The van der Waals surface area contributed by atoms with E-state index in [1.165, 1.54) is 5.56 Å². The van der Waals surface area contributed by atoms with E-state index in [1.54, 1.807) is 0 Å². The first-order chi connectivity index (χ1) is 14.6. The van der Waals surface area contributed by atoms with Gasteiger partial charge in [-0.2, -0.15) is 0 Å². The number of fused-ring (bicyclic) bond motifs is 2. The lowest BCUT2D eigenvalue weighted by Crippen LogP contribution is -2.38. The molecule has 3 heterocycles. The first-order valence-electron chi connectivity index (χ1n) is 10.5. The van der Waals surface area contributed by atoms with Gasteiger partial charge < -0.3 is 15.6 Å². The number of carbonyl (C=O) groups excluding carboxylic acids is 1. The first kappa shape index (κ1) is 18.6. The summed E-state index contributed by atoms with van der Waals surface area (Å²) in [5.74, 6) is -0.225. The maximum absolute atomic E-state index is 12.7. The fraction of sp³-hybridized carbons (Fsp3) is 0.292. The van der Waals surface area contributed by atoms with Crippen molar-refractivity contribution >= 4 is 23.0 Å². The van der Waals surface area contributed by atoms with Gasteiger partial charge in [-0.05, 0) is 49.4 Å². The zero-order valence-corrected chi connectivity index (χ0v) is 16.7. The minimum atomic E-state index is -0.199. The maximum Gasteiger partial charge on any atom is 0.258 e. The summed E-state index contributed by atoms with van der Waals surface area (Å²) in [7, 11) is 0. The number of hydrogen-bond donors (Lipinski definition) is 2. The van der Waals surface area contributed by atoms with Gasteiger partial charge in [-0.15, -0.1) is 0 Å². The van der Waals surface area contributed by atoms with E-state index in [9.17, 15) is 9.59 Å². The highest BCUT2D eigenvalue weighted by atomic mass is 16.1. The summed E-state index contributed by atoms with van der Waals surface area (Å²) in [4.78, 5) is 34.3. The predicted octanol–water partition coefficient (Wildman–Crippen LogP) is 3.25. The Labute approximate surface area is 174 Å². The molecule has 6 nitrogen and oxygen atoms in total. The zero-order valence-electron chi connectivity index (χ0n) is 16.7. The summed E-state index contributed by atoms with van der Waals surface area (Å²) < 4.78 is 0. The van der Waals surface area contributed by atoms with Crippen LogP contribution in [0.5, 0.6) is 0 Å².